The number of benzene rings is 3. The molecule has 4 N–H and O–H groups in total. The molecule has 1 fully saturated rings. The summed E-state index contributed by atoms with van der Waals surface area (Å²) in [5.41, 5.74) is 7.72. The molecule has 3 aliphatic rings. The normalized spacial score (nSPS) is 21.3. The Morgan fingerprint density at radius 2 is 1.77 bits per heavy atom. The Morgan fingerprint density at radius 3 is 2.55 bits per heavy atom. The van der Waals surface area contributed by atoms with Crippen LogP contribution >= 0.6 is 11.6 Å². The van der Waals surface area contributed by atoms with Gasteiger partial charge in [0.2, 0.25) is 5.91 Å². The molecule has 2 amide bonds. The van der Waals surface area contributed by atoms with Crippen LogP contribution in [0.1, 0.15) is 116 Å². The zero-order chi connectivity index (χ0) is 46.3. The van der Waals surface area contributed by atoms with Crippen molar-refractivity contribution in [1.29, 1.82) is 0 Å². The van der Waals surface area contributed by atoms with E-state index in [2.05, 4.69) is 58.0 Å². The predicted molar refractivity (Wildman–Crippen MR) is 259 cm³/mol. The van der Waals surface area contributed by atoms with Gasteiger partial charge in [-0.05, 0) is 159 Å². The first-order valence-corrected chi connectivity index (χ1v) is 24.0. The van der Waals surface area contributed by atoms with Crippen molar-refractivity contribution in [3.63, 3.8) is 0 Å². The number of fused-ring (bicyclic) bond motifs is 3. The quantitative estimate of drug-likeness (QED) is 0.0630. The fraction of sp³-hybridized carbons (Fsp3) is 0.426. The summed E-state index contributed by atoms with van der Waals surface area (Å²) in [4.78, 5) is 46.8. The SMILES string of the molecule is CNC(=O)c1ccc(-c2cccc(CCNC(=O)CCCOc3ccc4c(c3)C3(CCC(Nc5cccc(Cl)c5)(C(=O)O)CC3)[C@@H](C[C@@H](C)COc3ccnc5c3[C@H](C)CCC5)C4)c2)cn1. The number of carboxylic acids is 1. The third-order valence-corrected chi connectivity index (χ3v) is 14.5. The van der Waals surface area contributed by atoms with E-state index in [1.54, 1.807) is 31.4 Å². The molecular formula is C54H62ClN5O6. The van der Waals surface area contributed by atoms with E-state index in [9.17, 15) is 19.5 Å². The second kappa shape index (κ2) is 20.7. The summed E-state index contributed by atoms with van der Waals surface area (Å²) >= 11 is 6.32. The van der Waals surface area contributed by atoms with Crippen LogP contribution in [0.15, 0.2) is 97.3 Å². The number of amides is 2. The monoisotopic (exact) mass is 911 g/mol. The highest BCUT2D eigenvalue weighted by atomic mass is 35.5. The lowest BCUT2D eigenvalue weighted by molar-refractivity contribution is -0.144. The van der Waals surface area contributed by atoms with Crippen LogP contribution in [-0.2, 0) is 34.3 Å². The van der Waals surface area contributed by atoms with Crippen molar-refractivity contribution in [3.8, 4) is 22.6 Å². The van der Waals surface area contributed by atoms with Crippen molar-refractivity contribution < 1.29 is 29.0 Å². The van der Waals surface area contributed by atoms with Crippen LogP contribution in [-0.4, -0.2) is 65.2 Å². The van der Waals surface area contributed by atoms with E-state index >= 15 is 0 Å². The largest absolute Gasteiger partial charge is 0.494 e. The van der Waals surface area contributed by atoms with Crippen LogP contribution < -0.4 is 25.4 Å². The standard InChI is InChI=1S/C54H62ClN5O6/c1-35(34-66-48-20-26-57-46-13-4-8-36(2)50(46)48)28-41-30-39-15-17-44(32-45(39)53(41)21-23-54(24-22-53,52(63)64)60-43-12-6-11-42(55)31-43)65-27-7-14-49(61)58-25-19-37-9-5-10-38(29-37)40-16-18-47(59-33-40)51(62)56-3/h5-6,9-12,15-18,20,26,29,31-33,35-36,41,60H,4,7-8,13-14,19,21-25,27-28,30,34H2,1-3H3,(H,56,62)(H,58,61)(H,63,64)/t35-,36-,41+,53?,54?/m1/s1. The number of halogens is 1. The van der Waals surface area contributed by atoms with Crippen LogP contribution in [0.4, 0.5) is 5.69 Å². The highest BCUT2D eigenvalue weighted by Gasteiger charge is 2.54. The Labute approximate surface area is 393 Å². The van der Waals surface area contributed by atoms with Crippen molar-refractivity contribution in [2.45, 2.75) is 108 Å². The first-order chi connectivity index (χ1) is 31.9. The van der Waals surface area contributed by atoms with Gasteiger partial charge in [-0.2, -0.15) is 0 Å². The molecule has 2 heterocycles. The Morgan fingerprint density at radius 1 is 0.939 bits per heavy atom. The molecule has 0 aliphatic heterocycles. The summed E-state index contributed by atoms with van der Waals surface area (Å²) < 4.78 is 13.0. The van der Waals surface area contributed by atoms with Gasteiger partial charge in [0.1, 0.15) is 22.7 Å². The number of anilines is 1. The summed E-state index contributed by atoms with van der Waals surface area (Å²) in [6.07, 6.45) is 12.7. The van der Waals surface area contributed by atoms with Gasteiger partial charge in [-0.15, -0.1) is 0 Å². The smallest absolute Gasteiger partial charge is 0.329 e. The summed E-state index contributed by atoms with van der Waals surface area (Å²) in [6, 6.07) is 27.5. The van der Waals surface area contributed by atoms with Crippen molar-refractivity contribution in [3.05, 3.63) is 136 Å². The highest BCUT2D eigenvalue weighted by molar-refractivity contribution is 6.30. The van der Waals surface area contributed by atoms with E-state index < -0.39 is 11.5 Å². The van der Waals surface area contributed by atoms with E-state index in [0.29, 0.717) is 92.9 Å². The number of hydrogen-bond donors (Lipinski definition) is 4. The molecule has 3 atom stereocenters. The number of aliphatic carboxylic acids is 1. The summed E-state index contributed by atoms with van der Waals surface area (Å²) in [6.45, 7) is 6.06. The van der Waals surface area contributed by atoms with E-state index in [1.807, 2.05) is 54.7 Å². The van der Waals surface area contributed by atoms with Gasteiger partial charge in [-0.1, -0.05) is 67.9 Å². The number of carbonyl (C=O) groups excluding carboxylic acids is 2. The predicted octanol–water partition coefficient (Wildman–Crippen LogP) is 10.1. The maximum Gasteiger partial charge on any atom is 0.329 e. The second-order valence-corrected chi connectivity index (χ2v) is 19.2. The maximum absolute atomic E-state index is 13.1. The van der Waals surface area contributed by atoms with E-state index in [1.165, 1.54) is 22.4 Å². The summed E-state index contributed by atoms with van der Waals surface area (Å²) in [5.74, 6) is 1.64. The van der Waals surface area contributed by atoms with Crippen molar-refractivity contribution >= 4 is 35.1 Å². The minimum Gasteiger partial charge on any atom is -0.494 e. The van der Waals surface area contributed by atoms with Gasteiger partial charge in [0.25, 0.3) is 5.91 Å². The minimum atomic E-state index is -1.12. The Balaban J connectivity index is 0.891. The third-order valence-electron chi connectivity index (χ3n) is 14.3. The fourth-order valence-electron chi connectivity index (χ4n) is 10.8. The molecule has 0 bridgehead atoms. The molecule has 3 aliphatic carbocycles. The first kappa shape index (κ1) is 46.6. The second-order valence-electron chi connectivity index (χ2n) is 18.8. The van der Waals surface area contributed by atoms with Gasteiger partial charge < -0.3 is 30.5 Å². The average Bonchev–Trinajstić information content (AvgIpc) is 3.61. The molecule has 3 aromatic carbocycles. The van der Waals surface area contributed by atoms with E-state index in [0.717, 1.165) is 60.3 Å². The number of ether oxygens (including phenoxy) is 2. The molecule has 66 heavy (non-hydrogen) atoms. The van der Waals surface area contributed by atoms with Crippen molar-refractivity contribution in [2.24, 2.45) is 11.8 Å². The average molecular weight is 913 g/mol. The topological polar surface area (TPSA) is 152 Å². The Hall–Kier alpha value is -5.94. The van der Waals surface area contributed by atoms with Gasteiger partial charge in [-0.3, -0.25) is 19.6 Å². The van der Waals surface area contributed by atoms with Crippen LogP contribution in [0.5, 0.6) is 11.5 Å². The highest BCUT2D eigenvalue weighted by Crippen LogP contribution is 2.57. The van der Waals surface area contributed by atoms with E-state index in [-0.39, 0.29) is 23.1 Å². The van der Waals surface area contributed by atoms with Crippen LogP contribution in [0.25, 0.3) is 11.1 Å². The molecule has 0 saturated heterocycles. The number of aryl methyl sites for hydroxylation is 1. The number of nitrogens with zero attached hydrogens (tertiary/aromatic N) is 2. The molecule has 0 unspecified atom stereocenters. The first-order valence-electron chi connectivity index (χ1n) is 23.6. The fourth-order valence-corrected chi connectivity index (χ4v) is 10.9. The lowest BCUT2D eigenvalue weighted by atomic mass is 9.59. The third kappa shape index (κ3) is 10.5. The Kier molecular flexibility index (Phi) is 14.6. The molecule has 5 aromatic rings. The molecule has 11 nitrogen and oxygen atoms in total. The van der Waals surface area contributed by atoms with Crippen LogP contribution in [0, 0.1) is 11.8 Å². The summed E-state index contributed by atoms with van der Waals surface area (Å²) in [5, 5.41) is 20.3. The number of rotatable bonds is 18. The van der Waals surface area contributed by atoms with Crippen LogP contribution in [0.3, 0.4) is 0 Å². The number of nitrogens with one attached hydrogen (secondary N) is 3. The van der Waals surface area contributed by atoms with Crippen molar-refractivity contribution in [1.82, 2.24) is 20.6 Å². The van der Waals surface area contributed by atoms with Gasteiger partial charge >= 0.3 is 5.97 Å². The molecule has 0 radical (unpaired) electrons. The molecule has 8 rings (SSSR count). The summed E-state index contributed by atoms with van der Waals surface area (Å²) in [7, 11) is 1.58. The molecule has 12 heteroatoms. The van der Waals surface area contributed by atoms with Gasteiger partial charge in [0.05, 0.1) is 13.2 Å². The number of hydrogen-bond acceptors (Lipinski definition) is 8. The van der Waals surface area contributed by atoms with Gasteiger partial charge in [0.15, 0.2) is 0 Å². The molecule has 1 saturated carbocycles. The van der Waals surface area contributed by atoms with E-state index in [4.69, 9.17) is 21.1 Å². The molecule has 1 spiro atoms. The number of carboxylic acid groups (broad SMARTS) is 1. The number of aromatic nitrogens is 2. The minimum absolute atomic E-state index is 0.0218. The van der Waals surface area contributed by atoms with Crippen molar-refractivity contribution in [2.75, 3.05) is 32.1 Å². The molecule has 2 aromatic heterocycles. The molecule has 346 valence electrons. The molecular weight excluding hydrogens is 850 g/mol. The zero-order valence-corrected chi connectivity index (χ0v) is 39.1. The zero-order valence-electron chi connectivity index (χ0n) is 38.3. The number of carbonyl (C=O) groups is 3. The maximum atomic E-state index is 13.1. The van der Waals surface area contributed by atoms with Gasteiger partial charge in [0, 0.05) is 59.9 Å². The lowest BCUT2D eigenvalue weighted by Crippen LogP contribution is -2.53. The van der Waals surface area contributed by atoms with Crippen LogP contribution in [0.2, 0.25) is 5.02 Å². The van der Waals surface area contributed by atoms with Gasteiger partial charge in [-0.25, -0.2) is 4.79 Å². The Bertz CT molecular complexity index is 2520. The number of pyridine rings is 2. The lowest BCUT2D eigenvalue weighted by Gasteiger charge is -2.47.